The molecule has 0 unspecified atom stereocenters. The smallest absolute Gasteiger partial charge is 0.151 e. The van der Waals surface area contributed by atoms with Gasteiger partial charge in [-0.05, 0) is 24.3 Å². The molecule has 4 rings (SSSR count). The van der Waals surface area contributed by atoms with Crippen molar-refractivity contribution in [1.82, 2.24) is 20.2 Å². The lowest BCUT2D eigenvalue weighted by Gasteiger charge is -2.06. The fourth-order valence-corrected chi connectivity index (χ4v) is 2.61. The van der Waals surface area contributed by atoms with Gasteiger partial charge in [-0.15, -0.1) is 10.2 Å². The van der Waals surface area contributed by atoms with Crippen LogP contribution in [0.4, 0.5) is 17.2 Å². The highest BCUT2D eigenvalue weighted by atomic mass is 15.1. The van der Waals surface area contributed by atoms with Gasteiger partial charge >= 0.3 is 0 Å². The van der Waals surface area contributed by atoms with E-state index in [2.05, 4.69) is 30.4 Å². The Kier molecular flexibility index (Phi) is 4.01. The number of nitrogen functional groups attached to an aromatic ring is 2. The highest BCUT2D eigenvalue weighted by molar-refractivity contribution is 5.98. The van der Waals surface area contributed by atoms with E-state index in [1.165, 1.54) is 6.20 Å². The van der Waals surface area contributed by atoms with Crippen LogP contribution in [0.2, 0.25) is 0 Å². The highest BCUT2D eigenvalue weighted by Crippen LogP contribution is 2.34. The lowest BCUT2D eigenvalue weighted by atomic mass is 10.1. The van der Waals surface area contributed by atoms with Crippen molar-refractivity contribution in [3.05, 3.63) is 60.7 Å². The molecular weight excluding hydrogens is 342 g/mol. The molecule has 0 amide bonds. The topological polar surface area (TPSA) is 155 Å². The molecule has 0 saturated carbocycles. The Bertz CT molecular complexity index is 1150. The van der Waals surface area contributed by atoms with Gasteiger partial charge in [-0.2, -0.15) is 5.10 Å². The third kappa shape index (κ3) is 3.21. The maximum absolute atomic E-state index is 7.37. The molecule has 0 aliphatic heterocycles. The maximum Gasteiger partial charge on any atom is 0.151 e. The summed E-state index contributed by atoms with van der Waals surface area (Å²) in [6, 6.07) is 11.1. The number of rotatable bonds is 4. The van der Waals surface area contributed by atoms with E-state index in [-0.39, 0.29) is 11.7 Å². The summed E-state index contributed by atoms with van der Waals surface area (Å²) in [5, 5.41) is 24.5. The summed E-state index contributed by atoms with van der Waals surface area (Å²) in [4.78, 5) is 8.25. The standard InChI is InChI=1S/C18H15N9/c19-17(20)15-4-3-12(9-22-15)25-27-16-13-7-10(14-5-6-24-26-14)1-2-11(13)8-23-18(16)21/h1-9H,(H3,19,20)(H2,21,23)(H,24,26). The van der Waals surface area contributed by atoms with Crippen molar-refractivity contribution in [3.8, 4) is 11.3 Å². The Hall–Kier alpha value is -4.14. The zero-order valence-corrected chi connectivity index (χ0v) is 14.1. The van der Waals surface area contributed by atoms with Crippen LogP contribution in [0.25, 0.3) is 22.0 Å². The number of anilines is 1. The second kappa shape index (κ2) is 6.64. The molecule has 0 saturated heterocycles. The molecule has 6 N–H and O–H groups in total. The minimum atomic E-state index is -0.104. The van der Waals surface area contributed by atoms with Crippen LogP contribution in [0.1, 0.15) is 5.69 Å². The number of nitrogens with two attached hydrogens (primary N) is 2. The Morgan fingerprint density at radius 3 is 2.63 bits per heavy atom. The van der Waals surface area contributed by atoms with Crippen LogP contribution in [0, 0.1) is 5.41 Å². The summed E-state index contributed by atoms with van der Waals surface area (Å²) in [6.07, 6.45) is 4.88. The van der Waals surface area contributed by atoms with Crippen molar-refractivity contribution in [2.24, 2.45) is 16.0 Å². The Morgan fingerprint density at radius 2 is 1.93 bits per heavy atom. The van der Waals surface area contributed by atoms with Gasteiger partial charge in [-0.3, -0.25) is 15.5 Å². The quantitative estimate of drug-likeness (QED) is 0.250. The van der Waals surface area contributed by atoms with E-state index < -0.39 is 0 Å². The first-order chi connectivity index (χ1) is 13.1. The molecule has 0 atom stereocenters. The summed E-state index contributed by atoms with van der Waals surface area (Å²) in [7, 11) is 0. The SMILES string of the molecule is N=C(N)c1ccc(N=Nc2c(N)ncc3ccc(-c4ccn[nH]4)cc23)cn1. The van der Waals surface area contributed by atoms with E-state index in [0.717, 1.165) is 22.0 Å². The Morgan fingerprint density at radius 1 is 1.04 bits per heavy atom. The predicted molar refractivity (Wildman–Crippen MR) is 103 cm³/mol. The van der Waals surface area contributed by atoms with Gasteiger partial charge in [0.25, 0.3) is 0 Å². The second-order valence-corrected chi connectivity index (χ2v) is 5.78. The normalized spacial score (nSPS) is 11.3. The number of fused-ring (bicyclic) bond motifs is 1. The highest BCUT2D eigenvalue weighted by Gasteiger charge is 2.09. The molecule has 3 aromatic heterocycles. The monoisotopic (exact) mass is 357 g/mol. The number of nitrogens with one attached hydrogen (secondary N) is 2. The van der Waals surface area contributed by atoms with Crippen LogP contribution >= 0.6 is 0 Å². The average molecular weight is 357 g/mol. The molecule has 1 aromatic carbocycles. The molecule has 0 radical (unpaired) electrons. The molecule has 3 heterocycles. The van der Waals surface area contributed by atoms with Crippen LogP contribution in [-0.4, -0.2) is 26.0 Å². The molecular formula is C18H15N9. The van der Waals surface area contributed by atoms with Crippen LogP contribution in [0.3, 0.4) is 0 Å². The van der Waals surface area contributed by atoms with Crippen molar-refractivity contribution in [2.45, 2.75) is 0 Å². The molecule has 27 heavy (non-hydrogen) atoms. The van der Waals surface area contributed by atoms with Gasteiger partial charge in [0, 0.05) is 28.7 Å². The molecule has 0 fully saturated rings. The van der Waals surface area contributed by atoms with E-state index in [4.69, 9.17) is 16.9 Å². The number of aromatic amines is 1. The molecule has 0 aliphatic rings. The van der Waals surface area contributed by atoms with E-state index in [1.54, 1.807) is 24.5 Å². The lowest BCUT2D eigenvalue weighted by Crippen LogP contribution is -2.12. The zero-order chi connectivity index (χ0) is 18.8. The number of benzene rings is 1. The first-order valence-corrected chi connectivity index (χ1v) is 8.02. The lowest BCUT2D eigenvalue weighted by molar-refractivity contribution is 1.10. The van der Waals surface area contributed by atoms with Crippen molar-refractivity contribution < 1.29 is 0 Å². The summed E-state index contributed by atoms with van der Waals surface area (Å²) in [6.45, 7) is 0. The number of hydrogen-bond donors (Lipinski definition) is 4. The number of hydrogen-bond acceptors (Lipinski definition) is 7. The van der Waals surface area contributed by atoms with Gasteiger partial charge < -0.3 is 11.5 Å². The summed E-state index contributed by atoms with van der Waals surface area (Å²) >= 11 is 0. The van der Waals surface area contributed by atoms with E-state index in [0.29, 0.717) is 17.1 Å². The van der Waals surface area contributed by atoms with Crippen LogP contribution in [-0.2, 0) is 0 Å². The van der Waals surface area contributed by atoms with Crippen molar-refractivity contribution in [2.75, 3.05) is 5.73 Å². The van der Waals surface area contributed by atoms with Gasteiger partial charge in [-0.1, -0.05) is 12.1 Å². The number of pyridine rings is 2. The number of azo groups is 1. The van der Waals surface area contributed by atoms with Crippen LogP contribution < -0.4 is 11.5 Å². The molecule has 4 aromatic rings. The van der Waals surface area contributed by atoms with Crippen molar-refractivity contribution >= 4 is 33.8 Å². The molecule has 0 bridgehead atoms. The van der Waals surface area contributed by atoms with E-state index in [1.807, 2.05) is 24.3 Å². The van der Waals surface area contributed by atoms with Crippen LogP contribution in [0.5, 0.6) is 0 Å². The minimum absolute atomic E-state index is 0.104. The van der Waals surface area contributed by atoms with Crippen LogP contribution in [0.15, 0.2) is 65.2 Å². The Labute approximate surface area is 153 Å². The van der Waals surface area contributed by atoms with Crippen molar-refractivity contribution in [3.63, 3.8) is 0 Å². The molecule has 0 spiro atoms. The third-order valence-corrected chi connectivity index (χ3v) is 3.99. The number of nitrogens with zero attached hydrogens (tertiary/aromatic N) is 5. The molecule has 9 heteroatoms. The first-order valence-electron chi connectivity index (χ1n) is 8.02. The summed E-state index contributed by atoms with van der Waals surface area (Å²) in [5.74, 6) is 0.175. The summed E-state index contributed by atoms with van der Waals surface area (Å²) < 4.78 is 0. The van der Waals surface area contributed by atoms with Gasteiger partial charge in [0.1, 0.15) is 22.9 Å². The average Bonchev–Trinajstić information content (AvgIpc) is 3.22. The fraction of sp³-hybridized carbons (Fsp3) is 0. The maximum atomic E-state index is 7.37. The molecule has 9 nitrogen and oxygen atoms in total. The number of H-pyrrole nitrogens is 1. The van der Waals surface area contributed by atoms with Gasteiger partial charge in [0.05, 0.1) is 11.9 Å². The van der Waals surface area contributed by atoms with Crippen molar-refractivity contribution in [1.29, 1.82) is 5.41 Å². The molecule has 132 valence electrons. The van der Waals surface area contributed by atoms with Gasteiger partial charge in [-0.25, -0.2) is 4.98 Å². The van der Waals surface area contributed by atoms with Gasteiger partial charge in [0.15, 0.2) is 5.82 Å². The summed E-state index contributed by atoms with van der Waals surface area (Å²) in [5.41, 5.74) is 14.7. The minimum Gasteiger partial charge on any atom is -0.382 e. The number of amidine groups is 1. The van der Waals surface area contributed by atoms with E-state index in [9.17, 15) is 0 Å². The number of aromatic nitrogens is 4. The largest absolute Gasteiger partial charge is 0.382 e. The fourth-order valence-electron chi connectivity index (χ4n) is 2.61. The predicted octanol–water partition coefficient (Wildman–Crippen LogP) is 3.30. The Balaban J connectivity index is 1.76. The van der Waals surface area contributed by atoms with Gasteiger partial charge in [0.2, 0.25) is 0 Å². The van der Waals surface area contributed by atoms with E-state index >= 15 is 0 Å². The molecule has 0 aliphatic carbocycles. The first kappa shape index (κ1) is 16.3. The second-order valence-electron chi connectivity index (χ2n) is 5.78. The zero-order valence-electron chi connectivity index (χ0n) is 14.1. The third-order valence-electron chi connectivity index (χ3n) is 3.99.